The van der Waals surface area contributed by atoms with E-state index in [1.165, 1.54) is 10.7 Å². The molecule has 1 aliphatic carbocycles. The molecule has 11 heteroatoms. The SMILES string of the molecule is N#Cc1cc(Nc2nc(NC3CC3)c3ncc(C#N)n3n2)c(Cl)c(C2CCN(C3CCOCC3)CC2)c1. The summed E-state index contributed by atoms with van der Waals surface area (Å²) in [6.45, 7) is 3.71. The molecular formula is C26H28ClN9O. The number of rotatable bonds is 6. The van der Waals surface area contributed by atoms with Crippen LogP contribution in [0.15, 0.2) is 18.3 Å². The topological polar surface area (TPSA) is 127 Å². The first-order valence-corrected chi connectivity index (χ1v) is 13.3. The van der Waals surface area contributed by atoms with E-state index >= 15 is 0 Å². The summed E-state index contributed by atoms with van der Waals surface area (Å²) in [4.78, 5) is 11.5. The molecule has 190 valence electrons. The Balaban J connectivity index is 1.27. The zero-order chi connectivity index (χ0) is 25.4. The molecule has 0 bridgehead atoms. The van der Waals surface area contributed by atoms with E-state index in [-0.39, 0.29) is 11.9 Å². The highest BCUT2D eigenvalue weighted by molar-refractivity contribution is 6.34. The Bertz CT molecular complexity index is 1390. The van der Waals surface area contributed by atoms with E-state index in [2.05, 4.69) is 42.7 Å². The molecule has 4 heterocycles. The van der Waals surface area contributed by atoms with Crippen LogP contribution in [0.1, 0.15) is 61.3 Å². The van der Waals surface area contributed by atoms with Gasteiger partial charge in [0.1, 0.15) is 6.07 Å². The fourth-order valence-electron chi connectivity index (χ4n) is 5.37. The summed E-state index contributed by atoms with van der Waals surface area (Å²) in [6.07, 6.45) is 7.79. The number of piperidine rings is 1. The lowest BCUT2D eigenvalue weighted by molar-refractivity contribution is 0.0252. The highest BCUT2D eigenvalue weighted by atomic mass is 35.5. The zero-order valence-electron chi connectivity index (χ0n) is 20.5. The molecule has 0 radical (unpaired) electrons. The Kier molecular flexibility index (Phi) is 6.56. The minimum absolute atomic E-state index is 0.270. The highest BCUT2D eigenvalue weighted by Gasteiger charge is 2.29. The molecule has 2 aromatic heterocycles. The molecule has 3 fully saturated rings. The van der Waals surface area contributed by atoms with E-state index in [0.717, 1.165) is 70.4 Å². The summed E-state index contributed by atoms with van der Waals surface area (Å²) in [6, 6.07) is 8.98. The number of aromatic nitrogens is 4. The summed E-state index contributed by atoms with van der Waals surface area (Å²) >= 11 is 6.95. The lowest BCUT2D eigenvalue weighted by Crippen LogP contribution is -2.43. The number of nitriles is 2. The summed E-state index contributed by atoms with van der Waals surface area (Å²) in [5.74, 6) is 1.11. The van der Waals surface area contributed by atoms with Gasteiger partial charge in [-0.2, -0.15) is 20.0 Å². The van der Waals surface area contributed by atoms with Gasteiger partial charge in [-0.25, -0.2) is 4.98 Å². The number of imidazole rings is 1. The van der Waals surface area contributed by atoms with Crippen molar-refractivity contribution >= 4 is 34.7 Å². The molecule has 10 nitrogen and oxygen atoms in total. The average Bonchev–Trinajstić information content (AvgIpc) is 3.66. The number of nitrogens with one attached hydrogen (secondary N) is 2. The molecule has 3 aliphatic rings. The van der Waals surface area contributed by atoms with Gasteiger partial charge in [0.05, 0.1) is 28.5 Å². The van der Waals surface area contributed by atoms with Gasteiger partial charge in [-0.3, -0.25) is 0 Å². The minimum atomic E-state index is 0.270. The van der Waals surface area contributed by atoms with Crippen LogP contribution in [0.2, 0.25) is 5.02 Å². The van der Waals surface area contributed by atoms with E-state index in [0.29, 0.717) is 45.5 Å². The van der Waals surface area contributed by atoms with Gasteiger partial charge in [-0.15, -0.1) is 5.10 Å². The molecular weight excluding hydrogens is 490 g/mol. The molecule has 3 aromatic rings. The predicted molar refractivity (Wildman–Crippen MR) is 139 cm³/mol. The van der Waals surface area contributed by atoms with E-state index in [1.54, 1.807) is 6.07 Å². The second-order valence-corrected chi connectivity index (χ2v) is 10.4. The van der Waals surface area contributed by atoms with Gasteiger partial charge in [0, 0.05) is 25.3 Å². The van der Waals surface area contributed by atoms with Crippen molar-refractivity contribution < 1.29 is 4.74 Å². The van der Waals surface area contributed by atoms with Crippen LogP contribution in [0, 0.1) is 22.7 Å². The molecule has 6 rings (SSSR count). The molecule has 0 spiro atoms. The first kappa shape index (κ1) is 23.9. The maximum absolute atomic E-state index is 9.76. The minimum Gasteiger partial charge on any atom is -0.381 e. The molecule has 1 aromatic carbocycles. The van der Waals surface area contributed by atoms with Crippen molar-refractivity contribution in [3.8, 4) is 12.1 Å². The van der Waals surface area contributed by atoms with Crippen molar-refractivity contribution in [3.63, 3.8) is 0 Å². The summed E-state index contributed by atoms with van der Waals surface area (Å²) in [5, 5.41) is 30.9. The van der Waals surface area contributed by atoms with Crippen LogP contribution in [0.5, 0.6) is 0 Å². The second-order valence-electron chi connectivity index (χ2n) is 10.0. The normalized spacial score (nSPS) is 19.4. The van der Waals surface area contributed by atoms with E-state index < -0.39 is 0 Å². The zero-order valence-corrected chi connectivity index (χ0v) is 21.2. The summed E-state index contributed by atoms with van der Waals surface area (Å²) in [7, 11) is 0. The Morgan fingerprint density at radius 3 is 2.51 bits per heavy atom. The number of likely N-dealkylation sites (tertiary alicyclic amines) is 1. The summed E-state index contributed by atoms with van der Waals surface area (Å²) in [5.41, 5.74) is 2.91. The Morgan fingerprint density at radius 1 is 1.03 bits per heavy atom. The van der Waals surface area contributed by atoms with Crippen LogP contribution in [-0.4, -0.2) is 62.9 Å². The maximum atomic E-state index is 9.76. The van der Waals surface area contributed by atoms with Crippen LogP contribution in [0.3, 0.4) is 0 Å². The Hall–Kier alpha value is -3.44. The predicted octanol–water partition coefficient (Wildman–Crippen LogP) is 4.20. The van der Waals surface area contributed by atoms with Gasteiger partial charge in [0.2, 0.25) is 5.95 Å². The Morgan fingerprint density at radius 2 is 1.81 bits per heavy atom. The molecule has 2 saturated heterocycles. The molecule has 0 unspecified atom stereocenters. The third kappa shape index (κ3) is 4.93. The number of benzene rings is 1. The van der Waals surface area contributed by atoms with Gasteiger partial charge < -0.3 is 20.3 Å². The standard InChI is InChI=1S/C26H28ClN9O/c27-23-21(17-3-7-35(8-4-17)19-5-9-37-10-6-19)11-16(13-28)12-22(23)32-26-33-24(31-18-1-2-18)25-30-15-20(14-29)36(25)34-26/h11-12,15,17-19H,1-10H2,(H2,31,32,33,34). The molecule has 2 aliphatic heterocycles. The number of anilines is 3. The van der Waals surface area contributed by atoms with Crippen molar-refractivity contribution in [1.29, 1.82) is 10.5 Å². The third-order valence-corrected chi connectivity index (χ3v) is 7.97. The molecule has 1 saturated carbocycles. The quantitative estimate of drug-likeness (QED) is 0.494. The molecule has 0 atom stereocenters. The van der Waals surface area contributed by atoms with Crippen LogP contribution in [0.4, 0.5) is 17.5 Å². The van der Waals surface area contributed by atoms with Gasteiger partial charge >= 0.3 is 0 Å². The number of hydrogen-bond acceptors (Lipinski definition) is 9. The second kappa shape index (κ2) is 10.1. The van der Waals surface area contributed by atoms with Crippen LogP contribution in [-0.2, 0) is 4.74 Å². The van der Waals surface area contributed by atoms with Gasteiger partial charge in [0.15, 0.2) is 17.2 Å². The first-order valence-electron chi connectivity index (χ1n) is 12.9. The number of ether oxygens (including phenoxy) is 1. The maximum Gasteiger partial charge on any atom is 0.247 e. The summed E-state index contributed by atoms with van der Waals surface area (Å²) < 4.78 is 7.01. The van der Waals surface area contributed by atoms with Crippen LogP contribution >= 0.6 is 11.6 Å². The van der Waals surface area contributed by atoms with Crippen molar-refractivity contribution in [3.05, 3.63) is 40.2 Å². The largest absolute Gasteiger partial charge is 0.381 e. The molecule has 2 N–H and O–H groups in total. The van der Waals surface area contributed by atoms with E-state index in [4.69, 9.17) is 16.3 Å². The lowest BCUT2D eigenvalue weighted by atomic mass is 9.87. The van der Waals surface area contributed by atoms with Crippen LogP contribution < -0.4 is 10.6 Å². The fraction of sp³-hybridized carbons (Fsp3) is 0.500. The number of fused-ring (bicyclic) bond motifs is 1. The molecule has 37 heavy (non-hydrogen) atoms. The number of hydrogen-bond donors (Lipinski definition) is 2. The van der Waals surface area contributed by atoms with Gasteiger partial charge in [-0.1, -0.05) is 11.6 Å². The van der Waals surface area contributed by atoms with E-state index in [9.17, 15) is 10.5 Å². The van der Waals surface area contributed by atoms with Crippen molar-refractivity contribution in [1.82, 2.24) is 24.5 Å². The van der Waals surface area contributed by atoms with Crippen molar-refractivity contribution in [2.75, 3.05) is 36.9 Å². The highest BCUT2D eigenvalue weighted by Crippen LogP contribution is 2.39. The number of nitrogens with zero attached hydrogens (tertiary/aromatic N) is 7. The molecule has 0 amide bonds. The first-order chi connectivity index (χ1) is 18.1. The Labute approximate surface area is 220 Å². The van der Waals surface area contributed by atoms with Gasteiger partial charge in [-0.05, 0) is 75.2 Å². The monoisotopic (exact) mass is 517 g/mol. The smallest absolute Gasteiger partial charge is 0.247 e. The third-order valence-electron chi connectivity index (χ3n) is 7.55. The van der Waals surface area contributed by atoms with Gasteiger partial charge in [0.25, 0.3) is 0 Å². The average molecular weight is 518 g/mol. The number of halogens is 1. The van der Waals surface area contributed by atoms with E-state index in [1.807, 2.05) is 6.07 Å². The van der Waals surface area contributed by atoms with Crippen LogP contribution in [0.25, 0.3) is 5.65 Å². The van der Waals surface area contributed by atoms with Crippen molar-refractivity contribution in [2.45, 2.75) is 56.5 Å². The lowest BCUT2D eigenvalue weighted by Gasteiger charge is -2.39. The van der Waals surface area contributed by atoms with Crippen molar-refractivity contribution in [2.24, 2.45) is 0 Å². The fourth-order valence-corrected chi connectivity index (χ4v) is 5.68.